The van der Waals surface area contributed by atoms with Crippen molar-refractivity contribution in [1.82, 2.24) is 24.8 Å². The Bertz CT molecular complexity index is 1460. The van der Waals surface area contributed by atoms with Gasteiger partial charge in [-0.05, 0) is 55.4 Å². The minimum atomic E-state index is -0.547. The topological polar surface area (TPSA) is 125 Å². The van der Waals surface area contributed by atoms with Gasteiger partial charge in [0.15, 0.2) is 0 Å². The van der Waals surface area contributed by atoms with Crippen LogP contribution in [0.4, 0.5) is 28.8 Å². The monoisotopic (exact) mass is 479 g/mol. The summed E-state index contributed by atoms with van der Waals surface area (Å²) in [5.41, 5.74) is 10.4. The van der Waals surface area contributed by atoms with Crippen molar-refractivity contribution in [2.75, 3.05) is 54.5 Å². The van der Waals surface area contributed by atoms with Crippen LogP contribution in [0, 0.1) is 12.3 Å². The number of rotatable bonds is 5. The highest BCUT2D eigenvalue weighted by molar-refractivity contribution is 6.04. The van der Waals surface area contributed by atoms with Crippen LogP contribution in [0.1, 0.15) is 0 Å². The second-order valence-electron chi connectivity index (χ2n) is 8.48. The maximum atomic E-state index is 11.6. The number of terminal acetylenes is 1. The Hall–Kier alpha value is -4.75. The lowest BCUT2D eigenvalue weighted by Crippen LogP contribution is -2.44. The Kier molecular flexibility index (Phi) is 6.30. The Morgan fingerprint density at radius 3 is 2.50 bits per heavy atom. The summed E-state index contributed by atoms with van der Waals surface area (Å²) < 4.78 is 0. The molecule has 1 amide bonds. The summed E-state index contributed by atoms with van der Waals surface area (Å²) >= 11 is 0. The zero-order chi connectivity index (χ0) is 25.1. The summed E-state index contributed by atoms with van der Waals surface area (Å²) in [7, 11) is 2.14. The average molecular weight is 480 g/mol. The zero-order valence-corrected chi connectivity index (χ0v) is 19.8. The second kappa shape index (κ2) is 9.85. The molecule has 1 aromatic carbocycles. The largest absolute Gasteiger partial charge is 0.383 e. The molecule has 0 spiro atoms. The second-order valence-corrected chi connectivity index (χ2v) is 8.48. The minimum absolute atomic E-state index is 0.317. The Morgan fingerprint density at radius 2 is 1.75 bits per heavy atom. The van der Waals surface area contributed by atoms with E-state index in [9.17, 15) is 4.79 Å². The zero-order valence-electron chi connectivity index (χ0n) is 19.8. The van der Waals surface area contributed by atoms with Gasteiger partial charge in [0.2, 0.25) is 5.95 Å². The lowest BCUT2D eigenvalue weighted by molar-refractivity contribution is -0.111. The van der Waals surface area contributed by atoms with Crippen molar-refractivity contribution in [2.24, 2.45) is 0 Å². The number of nitrogen functional groups attached to an aromatic ring is 1. The third kappa shape index (κ3) is 4.87. The molecule has 1 aliphatic rings. The van der Waals surface area contributed by atoms with Crippen LogP contribution in [0.2, 0.25) is 0 Å². The van der Waals surface area contributed by atoms with Crippen LogP contribution in [0.3, 0.4) is 0 Å². The first-order valence-corrected chi connectivity index (χ1v) is 11.5. The van der Waals surface area contributed by atoms with Crippen molar-refractivity contribution >= 4 is 45.6 Å². The quantitative estimate of drug-likeness (QED) is 0.371. The Labute approximate surface area is 208 Å². The molecular formula is C26H25N9O. The first-order valence-electron chi connectivity index (χ1n) is 11.5. The van der Waals surface area contributed by atoms with Crippen LogP contribution < -0.4 is 21.3 Å². The number of aromatic nitrogens is 4. The molecule has 1 fully saturated rings. The number of nitrogens with one attached hydrogen (secondary N) is 2. The number of anilines is 5. The van der Waals surface area contributed by atoms with Crippen molar-refractivity contribution in [1.29, 1.82) is 0 Å². The number of benzene rings is 1. The van der Waals surface area contributed by atoms with E-state index < -0.39 is 5.91 Å². The SMILES string of the molecule is C#CC(=O)Nc1ccnc(-c2nccc3c(N)nc(Nc4ccc(N5CCN(C)CC5)cc4)nc23)c1. The maximum absolute atomic E-state index is 11.6. The highest BCUT2D eigenvalue weighted by Gasteiger charge is 2.16. The van der Waals surface area contributed by atoms with Crippen LogP contribution in [-0.4, -0.2) is 64.0 Å². The molecule has 0 radical (unpaired) electrons. The van der Waals surface area contributed by atoms with E-state index in [1.165, 1.54) is 5.69 Å². The molecule has 1 saturated heterocycles. The van der Waals surface area contributed by atoms with Crippen molar-refractivity contribution in [2.45, 2.75) is 0 Å². The lowest BCUT2D eigenvalue weighted by Gasteiger charge is -2.34. The molecule has 0 atom stereocenters. The van der Waals surface area contributed by atoms with Gasteiger partial charge in [-0.3, -0.25) is 14.8 Å². The van der Waals surface area contributed by atoms with Crippen LogP contribution in [0.5, 0.6) is 0 Å². The molecule has 36 heavy (non-hydrogen) atoms. The molecular weight excluding hydrogens is 454 g/mol. The summed E-state index contributed by atoms with van der Waals surface area (Å²) in [6.45, 7) is 4.11. The van der Waals surface area contributed by atoms with Gasteiger partial charge in [-0.25, -0.2) is 4.98 Å². The van der Waals surface area contributed by atoms with Gasteiger partial charge in [0.05, 0.1) is 5.69 Å². The van der Waals surface area contributed by atoms with Crippen LogP contribution >= 0.6 is 0 Å². The van der Waals surface area contributed by atoms with Gasteiger partial charge >= 0.3 is 0 Å². The normalized spacial score (nSPS) is 13.8. The van der Waals surface area contributed by atoms with Gasteiger partial charge in [-0.2, -0.15) is 4.98 Å². The number of piperazine rings is 1. The third-order valence-corrected chi connectivity index (χ3v) is 6.03. The number of pyridine rings is 2. The summed E-state index contributed by atoms with van der Waals surface area (Å²) in [6, 6.07) is 13.3. The average Bonchev–Trinajstić information content (AvgIpc) is 2.89. The molecule has 5 rings (SSSR count). The molecule has 0 aliphatic carbocycles. The predicted molar refractivity (Wildman–Crippen MR) is 142 cm³/mol. The molecule has 180 valence electrons. The van der Waals surface area contributed by atoms with Crippen molar-refractivity contribution in [3.8, 4) is 23.7 Å². The van der Waals surface area contributed by atoms with E-state index in [1.807, 2.05) is 18.1 Å². The molecule has 10 heteroatoms. The van der Waals surface area contributed by atoms with E-state index >= 15 is 0 Å². The molecule has 4 heterocycles. The molecule has 4 N–H and O–H groups in total. The summed E-state index contributed by atoms with van der Waals surface area (Å²) in [4.78, 5) is 34.3. The van der Waals surface area contributed by atoms with Crippen LogP contribution in [0.25, 0.3) is 22.3 Å². The molecule has 0 saturated carbocycles. The fraction of sp³-hybridized carbons (Fsp3) is 0.192. The van der Waals surface area contributed by atoms with Crippen molar-refractivity contribution < 1.29 is 4.79 Å². The number of likely N-dealkylation sites (N-methyl/N-ethyl adjacent to an activating group) is 1. The smallest absolute Gasteiger partial charge is 0.300 e. The van der Waals surface area contributed by atoms with Crippen molar-refractivity contribution in [3.05, 3.63) is 54.9 Å². The predicted octanol–water partition coefficient (Wildman–Crippen LogP) is 2.74. The van der Waals surface area contributed by atoms with Gasteiger partial charge < -0.3 is 26.2 Å². The van der Waals surface area contributed by atoms with E-state index in [-0.39, 0.29) is 0 Å². The van der Waals surface area contributed by atoms with Gasteiger partial charge in [0.1, 0.15) is 17.0 Å². The summed E-state index contributed by atoms with van der Waals surface area (Å²) in [5, 5.41) is 6.51. The number of amides is 1. The molecule has 3 aromatic heterocycles. The summed E-state index contributed by atoms with van der Waals surface area (Å²) in [5.74, 6) is 2.14. The highest BCUT2D eigenvalue weighted by atomic mass is 16.1. The van der Waals surface area contributed by atoms with E-state index in [0.29, 0.717) is 39.7 Å². The summed E-state index contributed by atoms with van der Waals surface area (Å²) in [6.07, 6.45) is 8.34. The number of carbonyl (C=O) groups excluding carboxylic acids is 1. The lowest BCUT2D eigenvalue weighted by atomic mass is 10.1. The van der Waals surface area contributed by atoms with Crippen LogP contribution in [0.15, 0.2) is 54.9 Å². The highest BCUT2D eigenvalue weighted by Crippen LogP contribution is 2.29. The van der Waals surface area contributed by atoms with Gasteiger partial charge in [0, 0.05) is 61.0 Å². The standard InChI is InChI=1S/C26H25N9O/c1-3-22(36)30-18-8-10-28-21(16-18)24-23-20(9-11-29-24)25(27)33-26(32-23)31-17-4-6-19(7-5-17)35-14-12-34(2)13-15-35/h1,4-11,16H,12-15H2,2H3,(H,28,30,36)(H3,27,31,32,33). The van der Waals surface area contributed by atoms with Crippen molar-refractivity contribution in [3.63, 3.8) is 0 Å². The van der Waals surface area contributed by atoms with E-state index in [2.05, 4.69) is 54.6 Å². The Morgan fingerprint density at radius 1 is 1.00 bits per heavy atom. The molecule has 0 bridgehead atoms. The van der Waals surface area contributed by atoms with Gasteiger partial charge in [-0.15, -0.1) is 6.42 Å². The third-order valence-electron chi connectivity index (χ3n) is 6.03. The first-order chi connectivity index (χ1) is 17.5. The molecule has 10 nitrogen and oxygen atoms in total. The fourth-order valence-corrected chi connectivity index (χ4v) is 4.08. The minimum Gasteiger partial charge on any atom is -0.383 e. The number of hydrogen-bond acceptors (Lipinski definition) is 9. The molecule has 0 unspecified atom stereocenters. The van der Waals surface area contributed by atoms with E-state index in [4.69, 9.17) is 17.1 Å². The van der Waals surface area contributed by atoms with E-state index in [1.54, 1.807) is 30.6 Å². The maximum Gasteiger partial charge on any atom is 0.300 e. The Balaban J connectivity index is 1.43. The number of carbonyl (C=O) groups is 1. The number of nitrogens with zero attached hydrogens (tertiary/aromatic N) is 6. The fourth-order valence-electron chi connectivity index (χ4n) is 4.08. The van der Waals surface area contributed by atoms with Crippen LogP contribution in [-0.2, 0) is 4.79 Å². The van der Waals surface area contributed by atoms with E-state index in [0.717, 1.165) is 31.9 Å². The first kappa shape index (κ1) is 23.0. The number of hydrogen-bond donors (Lipinski definition) is 3. The molecule has 4 aromatic rings. The molecule has 1 aliphatic heterocycles. The number of nitrogens with two attached hydrogens (primary N) is 1. The van der Waals surface area contributed by atoms with Gasteiger partial charge in [0.25, 0.3) is 5.91 Å². The number of fused-ring (bicyclic) bond motifs is 1. The van der Waals surface area contributed by atoms with Gasteiger partial charge in [-0.1, -0.05) is 0 Å².